The lowest BCUT2D eigenvalue weighted by molar-refractivity contribution is 0.247. The number of rotatable bonds is 3. The van der Waals surface area contributed by atoms with Gasteiger partial charge in [0.2, 0.25) is 0 Å². The van der Waals surface area contributed by atoms with Crippen LogP contribution in [0.2, 0.25) is 0 Å². The molecule has 0 saturated carbocycles. The van der Waals surface area contributed by atoms with Crippen LogP contribution in [0.25, 0.3) is 0 Å². The molecule has 3 nitrogen and oxygen atoms in total. The van der Waals surface area contributed by atoms with Gasteiger partial charge in [0.15, 0.2) is 11.6 Å². The van der Waals surface area contributed by atoms with Gasteiger partial charge in [-0.3, -0.25) is 0 Å². The van der Waals surface area contributed by atoms with Crippen LogP contribution in [0.15, 0.2) is 16.7 Å². The van der Waals surface area contributed by atoms with Crippen LogP contribution in [-0.4, -0.2) is 24.6 Å². The Hall–Kier alpha value is -0.680. The molecule has 1 saturated heterocycles. The van der Waals surface area contributed by atoms with Crippen LogP contribution in [0.1, 0.15) is 19.8 Å². The Kier molecular flexibility index (Phi) is 3.99. The summed E-state index contributed by atoms with van der Waals surface area (Å²) in [7, 11) is 0. The first kappa shape index (κ1) is 12.8. The maximum atomic E-state index is 13.6. The van der Waals surface area contributed by atoms with Gasteiger partial charge in [0.25, 0.3) is 0 Å². The normalized spacial score (nSPS) is 19.0. The van der Waals surface area contributed by atoms with Gasteiger partial charge in [-0.2, -0.15) is 0 Å². The van der Waals surface area contributed by atoms with E-state index in [1.165, 1.54) is 6.07 Å². The predicted octanol–water partition coefficient (Wildman–Crippen LogP) is 2.78. The number of halogens is 2. The van der Waals surface area contributed by atoms with Gasteiger partial charge >= 0.3 is 0 Å². The second-order valence-electron chi connectivity index (χ2n) is 4.90. The van der Waals surface area contributed by atoms with Crippen LogP contribution in [0.4, 0.5) is 10.2 Å². The van der Waals surface area contributed by atoms with E-state index in [1.807, 2.05) is 0 Å². The van der Waals surface area contributed by atoms with Crippen LogP contribution in [0.5, 0.6) is 0 Å². The lowest BCUT2D eigenvalue weighted by Gasteiger charge is -2.34. The number of anilines is 1. The predicted molar refractivity (Wildman–Crippen MR) is 70.6 cm³/mol. The third-order valence-electron chi connectivity index (χ3n) is 3.30. The van der Waals surface area contributed by atoms with Gasteiger partial charge in [-0.1, -0.05) is 6.92 Å². The van der Waals surface area contributed by atoms with Gasteiger partial charge in [0.1, 0.15) is 0 Å². The third-order valence-corrected chi connectivity index (χ3v) is 3.73. The van der Waals surface area contributed by atoms with Crippen molar-refractivity contribution in [3.05, 3.63) is 22.6 Å². The number of aromatic nitrogens is 1. The molecule has 0 unspecified atom stereocenters. The molecule has 2 N–H and O–H groups in total. The topological polar surface area (TPSA) is 37.0 Å². The lowest BCUT2D eigenvalue weighted by atomic mass is 9.81. The Balaban J connectivity index is 1.97. The van der Waals surface area contributed by atoms with E-state index in [1.54, 1.807) is 6.20 Å². The van der Waals surface area contributed by atoms with E-state index < -0.39 is 0 Å². The summed E-state index contributed by atoms with van der Waals surface area (Å²) in [5, 5.41) is 6.45. The first-order valence-electron chi connectivity index (χ1n) is 5.85. The van der Waals surface area contributed by atoms with E-state index in [0.29, 0.717) is 10.3 Å². The van der Waals surface area contributed by atoms with Gasteiger partial charge in [0, 0.05) is 17.2 Å². The van der Waals surface area contributed by atoms with E-state index in [0.717, 1.165) is 32.5 Å². The standard InChI is InChI=1S/C12H17BrFN3/c1-12(2-4-15-5-3-12)8-17-11-10(14)6-9(13)7-16-11/h6-7,15H,2-5,8H2,1H3,(H,16,17). The van der Waals surface area contributed by atoms with Crippen molar-refractivity contribution < 1.29 is 4.39 Å². The van der Waals surface area contributed by atoms with Gasteiger partial charge < -0.3 is 10.6 Å². The maximum Gasteiger partial charge on any atom is 0.166 e. The molecule has 0 aromatic carbocycles. The molecule has 0 atom stereocenters. The molecule has 2 heterocycles. The molecular formula is C12H17BrFN3. The average Bonchev–Trinajstić information content (AvgIpc) is 2.29. The Morgan fingerprint density at radius 3 is 2.88 bits per heavy atom. The van der Waals surface area contributed by atoms with Crippen LogP contribution in [0.3, 0.4) is 0 Å². The first-order valence-corrected chi connectivity index (χ1v) is 6.64. The van der Waals surface area contributed by atoms with Crippen molar-refractivity contribution in [2.75, 3.05) is 25.0 Å². The summed E-state index contributed by atoms with van der Waals surface area (Å²) in [6, 6.07) is 1.43. The minimum atomic E-state index is -0.308. The number of piperidine rings is 1. The molecule has 5 heteroatoms. The van der Waals surface area contributed by atoms with Gasteiger partial charge in [-0.25, -0.2) is 9.37 Å². The monoisotopic (exact) mass is 301 g/mol. The fourth-order valence-corrected chi connectivity index (χ4v) is 2.35. The first-order chi connectivity index (χ1) is 8.09. The van der Waals surface area contributed by atoms with Crippen LogP contribution < -0.4 is 10.6 Å². The molecule has 0 spiro atoms. The summed E-state index contributed by atoms with van der Waals surface area (Å²) in [6.07, 6.45) is 3.83. The number of hydrogen-bond acceptors (Lipinski definition) is 3. The summed E-state index contributed by atoms with van der Waals surface area (Å²) in [5.41, 5.74) is 0.229. The molecule has 94 valence electrons. The molecule has 0 radical (unpaired) electrons. The van der Waals surface area contributed by atoms with Crippen LogP contribution in [0, 0.1) is 11.2 Å². The fraction of sp³-hybridized carbons (Fsp3) is 0.583. The quantitative estimate of drug-likeness (QED) is 0.901. The number of nitrogens with zero attached hydrogens (tertiary/aromatic N) is 1. The van der Waals surface area contributed by atoms with Gasteiger partial charge in [-0.05, 0) is 53.3 Å². The fourth-order valence-electron chi connectivity index (χ4n) is 2.05. The van der Waals surface area contributed by atoms with Gasteiger partial charge in [-0.15, -0.1) is 0 Å². The highest BCUT2D eigenvalue weighted by atomic mass is 79.9. The van der Waals surface area contributed by atoms with Crippen molar-refractivity contribution in [1.82, 2.24) is 10.3 Å². The maximum absolute atomic E-state index is 13.6. The molecule has 0 bridgehead atoms. The molecule has 1 fully saturated rings. The summed E-state index contributed by atoms with van der Waals surface area (Å²) in [4.78, 5) is 4.04. The molecular weight excluding hydrogens is 285 g/mol. The molecule has 1 aromatic heterocycles. The molecule has 1 aliphatic heterocycles. The zero-order valence-electron chi connectivity index (χ0n) is 9.89. The second-order valence-corrected chi connectivity index (χ2v) is 5.81. The van der Waals surface area contributed by atoms with Crippen molar-refractivity contribution in [1.29, 1.82) is 0 Å². The number of nitrogens with one attached hydrogen (secondary N) is 2. The zero-order chi connectivity index (χ0) is 12.3. The molecule has 17 heavy (non-hydrogen) atoms. The minimum absolute atomic E-state index is 0.229. The van der Waals surface area contributed by atoms with E-state index >= 15 is 0 Å². The highest BCUT2D eigenvalue weighted by Gasteiger charge is 2.26. The van der Waals surface area contributed by atoms with Gasteiger partial charge in [0.05, 0.1) is 0 Å². The van der Waals surface area contributed by atoms with Crippen molar-refractivity contribution in [2.45, 2.75) is 19.8 Å². The molecule has 1 aliphatic rings. The second kappa shape index (κ2) is 5.31. The van der Waals surface area contributed by atoms with Crippen molar-refractivity contribution in [3.8, 4) is 0 Å². The SMILES string of the molecule is CC1(CNc2ncc(Br)cc2F)CCNCC1. The lowest BCUT2D eigenvalue weighted by Crippen LogP contribution is -2.39. The smallest absolute Gasteiger partial charge is 0.166 e. The Labute approximate surface area is 109 Å². The Bertz CT molecular complexity index is 391. The van der Waals surface area contributed by atoms with E-state index in [4.69, 9.17) is 0 Å². The third kappa shape index (κ3) is 3.39. The molecule has 1 aromatic rings. The summed E-state index contributed by atoms with van der Waals surface area (Å²) in [6.45, 7) is 5.07. The molecule has 0 amide bonds. The highest BCUT2D eigenvalue weighted by Crippen LogP contribution is 2.28. The van der Waals surface area contributed by atoms with Crippen LogP contribution >= 0.6 is 15.9 Å². The Morgan fingerprint density at radius 1 is 1.53 bits per heavy atom. The molecule has 2 rings (SSSR count). The largest absolute Gasteiger partial charge is 0.367 e. The number of hydrogen-bond donors (Lipinski definition) is 2. The van der Waals surface area contributed by atoms with E-state index in [9.17, 15) is 4.39 Å². The minimum Gasteiger partial charge on any atom is -0.367 e. The highest BCUT2D eigenvalue weighted by molar-refractivity contribution is 9.10. The van der Waals surface area contributed by atoms with Crippen molar-refractivity contribution in [3.63, 3.8) is 0 Å². The molecule has 0 aliphatic carbocycles. The van der Waals surface area contributed by atoms with Crippen molar-refractivity contribution >= 4 is 21.7 Å². The number of pyridine rings is 1. The summed E-state index contributed by atoms with van der Waals surface area (Å²) in [5.74, 6) is 0.0323. The van der Waals surface area contributed by atoms with E-state index in [-0.39, 0.29) is 11.2 Å². The zero-order valence-corrected chi connectivity index (χ0v) is 11.5. The van der Waals surface area contributed by atoms with Crippen molar-refractivity contribution in [2.24, 2.45) is 5.41 Å². The average molecular weight is 302 g/mol. The Morgan fingerprint density at radius 2 is 2.24 bits per heavy atom. The van der Waals surface area contributed by atoms with E-state index in [2.05, 4.69) is 38.5 Å². The summed E-state index contributed by atoms with van der Waals surface area (Å²) < 4.78 is 14.2. The summed E-state index contributed by atoms with van der Waals surface area (Å²) >= 11 is 3.20. The van der Waals surface area contributed by atoms with Crippen LogP contribution in [-0.2, 0) is 0 Å².